The zero-order valence-electron chi connectivity index (χ0n) is 27.2. The quantitative estimate of drug-likeness (QED) is 0.140. The van der Waals surface area contributed by atoms with E-state index in [0.717, 1.165) is 27.7 Å². The minimum Gasteiger partial charge on any atom is -0.383 e. The first-order valence-corrected chi connectivity index (χ1v) is 17.5. The maximum atomic E-state index is 6.51. The highest BCUT2D eigenvalue weighted by Crippen LogP contribution is 2.41. The monoisotopic (exact) mass is 660 g/mol. The molecule has 0 aliphatic carbocycles. The van der Waals surface area contributed by atoms with Gasteiger partial charge in [-0.3, -0.25) is 0 Å². The molecule has 238 valence electrons. The third-order valence-corrected chi connectivity index (χ3v) is 10.6. The molecule has 7 aromatic carbocycles. The fraction of sp³-hybridized carbons (Fsp3) is 0.0222. The van der Waals surface area contributed by atoms with Gasteiger partial charge in [-0.25, -0.2) is 9.98 Å². The van der Waals surface area contributed by atoms with Crippen LogP contribution in [0, 0.1) is 0 Å². The van der Waals surface area contributed by atoms with E-state index in [9.17, 15) is 0 Å². The summed E-state index contributed by atoms with van der Waals surface area (Å²) >= 11 is 1.87. The number of fused-ring (bicyclic) bond motifs is 6. The van der Waals surface area contributed by atoms with Crippen molar-refractivity contribution in [1.82, 2.24) is 4.57 Å². The summed E-state index contributed by atoms with van der Waals surface area (Å²) in [6.07, 6.45) is 0. The van der Waals surface area contributed by atoms with Gasteiger partial charge in [-0.15, -0.1) is 11.3 Å². The van der Waals surface area contributed by atoms with Gasteiger partial charge in [-0.1, -0.05) is 146 Å². The van der Waals surface area contributed by atoms with Gasteiger partial charge in [0.25, 0.3) is 0 Å². The van der Waals surface area contributed by atoms with Crippen LogP contribution in [0.3, 0.4) is 0 Å². The molecule has 0 fully saturated rings. The van der Waals surface area contributed by atoms with Crippen LogP contribution < -0.4 is 5.73 Å². The second-order valence-electron chi connectivity index (χ2n) is 12.4. The molecule has 2 heterocycles. The molecule has 0 unspecified atom stereocenters. The van der Waals surface area contributed by atoms with E-state index < -0.39 is 0 Å². The van der Waals surface area contributed by atoms with Crippen molar-refractivity contribution in [3.05, 3.63) is 181 Å². The van der Waals surface area contributed by atoms with Crippen molar-refractivity contribution in [2.75, 3.05) is 0 Å². The highest BCUT2D eigenvalue weighted by Gasteiger charge is 2.14. The van der Waals surface area contributed by atoms with Gasteiger partial charge in [0.1, 0.15) is 12.5 Å². The third kappa shape index (κ3) is 5.34. The van der Waals surface area contributed by atoms with E-state index in [0.29, 0.717) is 18.3 Å². The van der Waals surface area contributed by atoms with Gasteiger partial charge in [0.2, 0.25) is 0 Å². The molecule has 0 amide bonds. The molecule has 50 heavy (non-hydrogen) atoms. The SMILES string of the molecule is NC(=NC(=NCn1c2ccccc2c2ccc(-c3cccc(-c4cccc5c4sc4ccccc45)c3)cc21)c1ccccc1)c1ccccc1. The number of rotatable bonds is 6. The lowest BCUT2D eigenvalue weighted by Gasteiger charge is -2.10. The average Bonchev–Trinajstić information content (AvgIpc) is 3.72. The van der Waals surface area contributed by atoms with E-state index in [1.165, 1.54) is 47.6 Å². The van der Waals surface area contributed by atoms with Crippen molar-refractivity contribution in [1.29, 1.82) is 0 Å². The number of nitrogens with two attached hydrogens (primary N) is 1. The Labute approximate surface area is 294 Å². The zero-order chi connectivity index (χ0) is 33.4. The minimum absolute atomic E-state index is 0.386. The number of hydrogen-bond donors (Lipinski definition) is 1. The summed E-state index contributed by atoms with van der Waals surface area (Å²) in [4.78, 5) is 9.97. The Kier molecular flexibility index (Phi) is 7.52. The van der Waals surface area contributed by atoms with Crippen LogP contribution in [-0.4, -0.2) is 16.2 Å². The standard InChI is InChI=1S/C45H32N4S/c46-44(30-13-3-1-4-14-30)48-45(31-15-5-2-6-16-31)47-29-49-40-23-9-7-19-36(40)37-26-25-33(28-41(37)49)32-17-11-18-34(27-32)35-21-12-22-39-38-20-8-10-24-42(38)50-43(35)39/h1-28H,29H2,(H2,46,47,48). The van der Waals surface area contributed by atoms with Gasteiger partial charge in [0.05, 0.1) is 11.0 Å². The van der Waals surface area contributed by atoms with Crippen LogP contribution in [-0.2, 0) is 6.67 Å². The molecule has 0 aliphatic rings. The summed E-state index contributed by atoms with van der Waals surface area (Å²) in [6, 6.07) is 59.5. The fourth-order valence-electron chi connectivity index (χ4n) is 6.93. The van der Waals surface area contributed by atoms with E-state index in [-0.39, 0.29) is 0 Å². The van der Waals surface area contributed by atoms with E-state index in [2.05, 4.69) is 114 Å². The summed E-state index contributed by atoms with van der Waals surface area (Å²) in [5.41, 5.74) is 15.4. The normalized spacial score (nSPS) is 12.4. The Morgan fingerprint density at radius 2 is 1.16 bits per heavy atom. The molecular weight excluding hydrogens is 629 g/mol. The smallest absolute Gasteiger partial charge is 0.158 e. The van der Waals surface area contributed by atoms with Crippen LogP contribution in [0.15, 0.2) is 180 Å². The van der Waals surface area contributed by atoms with Gasteiger partial charge < -0.3 is 10.3 Å². The lowest BCUT2D eigenvalue weighted by atomic mass is 9.97. The average molecular weight is 661 g/mol. The van der Waals surface area contributed by atoms with Crippen LogP contribution in [0.4, 0.5) is 0 Å². The Morgan fingerprint density at radius 3 is 2.00 bits per heavy atom. The Balaban J connectivity index is 1.15. The summed E-state index contributed by atoms with van der Waals surface area (Å²) in [7, 11) is 0. The minimum atomic E-state index is 0.386. The number of nitrogens with zero attached hydrogens (tertiary/aromatic N) is 3. The predicted molar refractivity (Wildman–Crippen MR) is 213 cm³/mol. The summed E-state index contributed by atoms with van der Waals surface area (Å²) in [6.45, 7) is 0.386. The molecule has 0 spiro atoms. The maximum absolute atomic E-state index is 6.51. The molecule has 0 saturated carbocycles. The Morgan fingerprint density at radius 1 is 0.520 bits per heavy atom. The van der Waals surface area contributed by atoms with Crippen LogP contribution in [0.5, 0.6) is 0 Å². The van der Waals surface area contributed by atoms with Gasteiger partial charge in [0.15, 0.2) is 5.84 Å². The molecule has 9 aromatic rings. The Hall–Kier alpha value is -6.30. The molecule has 0 atom stereocenters. The lowest BCUT2D eigenvalue weighted by molar-refractivity contribution is 0.791. The fourth-order valence-corrected chi connectivity index (χ4v) is 8.16. The molecule has 2 aromatic heterocycles. The molecule has 0 radical (unpaired) electrons. The van der Waals surface area contributed by atoms with Gasteiger partial charge in [0, 0.05) is 42.1 Å². The summed E-state index contributed by atoms with van der Waals surface area (Å²) < 4.78 is 4.92. The Bertz CT molecular complexity index is 2740. The molecule has 9 rings (SSSR count). The van der Waals surface area contributed by atoms with Gasteiger partial charge in [-0.05, 0) is 46.5 Å². The highest BCUT2D eigenvalue weighted by atomic mass is 32.1. The number of hydrogen-bond acceptors (Lipinski definition) is 2. The largest absolute Gasteiger partial charge is 0.383 e. The number of aliphatic imine (C=N–C) groups is 2. The molecule has 0 aliphatic heterocycles. The second-order valence-corrected chi connectivity index (χ2v) is 13.4. The van der Waals surface area contributed by atoms with Crippen molar-refractivity contribution >= 4 is 65.0 Å². The molecule has 0 bridgehead atoms. The van der Waals surface area contributed by atoms with Crippen molar-refractivity contribution in [2.45, 2.75) is 6.67 Å². The van der Waals surface area contributed by atoms with Crippen LogP contribution in [0.2, 0.25) is 0 Å². The van der Waals surface area contributed by atoms with Crippen LogP contribution >= 0.6 is 11.3 Å². The van der Waals surface area contributed by atoms with E-state index in [1.807, 2.05) is 72.0 Å². The van der Waals surface area contributed by atoms with Crippen molar-refractivity contribution in [3.63, 3.8) is 0 Å². The second kappa shape index (κ2) is 12.6. The number of amidine groups is 2. The molecule has 5 heteroatoms. The zero-order valence-corrected chi connectivity index (χ0v) is 28.0. The number of para-hydroxylation sites is 1. The predicted octanol–water partition coefficient (Wildman–Crippen LogP) is 11.3. The third-order valence-electron chi connectivity index (χ3n) is 9.37. The van der Waals surface area contributed by atoms with Crippen molar-refractivity contribution in [2.24, 2.45) is 15.7 Å². The number of aromatic nitrogens is 1. The molecule has 4 nitrogen and oxygen atoms in total. The van der Waals surface area contributed by atoms with Gasteiger partial charge >= 0.3 is 0 Å². The van der Waals surface area contributed by atoms with E-state index >= 15 is 0 Å². The van der Waals surface area contributed by atoms with Crippen molar-refractivity contribution in [3.8, 4) is 22.3 Å². The first-order chi connectivity index (χ1) is 24.7. The van der Waals surface area contributed by atoms with Crippen molar-refractivity contribution < 1.29 is 0 Å². The first-order valence-electron chi connectivity index (χ1n) is 16.7. The number of benzene rings is 7. The molecule has 2 N–H and O–H groups in total. The highest BCUT2D eigenvalue weighted by molar-refractivity contribution is 7.26. The number of thiophene rings is 1. The lowest BCUT2D eigenvalue weighted by Crippen LogP contribution is -2.16. The maximum Gasteiger partial charge on any atom is 0.158 e. The summed E-state index contributed by atoms with van der Waals surface area (Å²) in [5.74, 6) is 1.03. The molecule has 0 saturated heterocycles. The topological polar surface area (TPSA) is 55.7 Å². The first kappa shape index (κ1) is 29.8. The van der Waals surface area contributed by atoms with Crippen LogP contribution in [0.25, 0.3) is 64.2 Å². The van der Waals surface area contributed by atoms with E-state index in [4.69, 9.17) is 15.7 Å². The van der Waals surface area contributed by atoms with Gasteiger partial charge in [-0.2, -0.15) is 0 Å². The van der Waals surface area contributed by atoms with E-state index in [1.54, 1.807) is 0 Å². The summed E-state index contributed by atoms with van der Waals surface area (Å²) in [5, 5.41) is 5.02. The molecular formula is C45H32N4S. The van der Waals surface area contributed by atoms with Crippen LogP contribution in [0.1, 0.15) is 11.1 Å².